The Labute approximate surface area is 126 Å². The molecule has 1 aromatic heterocycles. The van der Waals surface area contributed by atoms with Crippen LogP contribution in [0.15, 0.2) is 18.5 Å². The normalized spacial score (nSPS) is 34.6. The number of rotatable bonds is 3. The molecule has 0 aromatic carbocycles. The summed E-state index contributed by atoms with van der Waals surface area (Å²) in [6.07, 6.45) is 11.8. The Morgan fingerprint density at radius 1 is 1.19 bits per heavy atom. The van der Waals surface area contributed by atoms with Crippen LogP contribution in [0, 0.1) is 17.8 Å². The average Bonchev–Trinajstić information content (AvgIpc) is 3.24. The van der Waals surface area contributed by atoms with E-state index >= 15 is 0 Å². The van der Waals surface area contributed by atoms with Gasteiger partial charge >= 0.3 is 0 Å². The van der Waals surface area contributed by atoms with Gasteiger partial charge in [-0.3, -0.25) is 4.79 Å². The number of hydrogen-bond acceptors (Lipinski definition) is 3. The summed E-state index contributed by atoms with van der Waals surface area (Å²) in [6, 6.07) is 1.94. The zero-order valence-electron chi connectivity index (χ0n) is 12.4. The molecule has 21 heavy (non-hydrogen) atoms. The van der Waals surface area contributed by atoms with E-state index in [1.807, 2.05) is 11.0 Å². The molecule has 4 heteroatoms. The molecule has 0 spiro atoms. The van der Waals surface area contributed by atoms with Crippen molar-refractivity contribution in [3.05, 3.63) is 24.3 Å². The molecule has 1 amide bonds. The molecule has 2 bridgehead atoms. The molecule has 0 radical (unpaired) electrons. The first-order valence-corrected chi connectivity index (χ1v) is 8.37. The highest BCUT2D eigenvalue weighted by atomic mass is 16.2. The third kappa shape index (κ3) is 2.45. The minimum atomic E-state index is 0.109. The number of nitrogens with zero attached hydrogens (tertiary/aromatic N) is 3. The maximum Gasteiger partial charge on any atom is 0.223 e. The van der Waals surface area contributed by atoms with Gasteiger partial charge in [-0.05, 0) is 55.9 Å². The predicted molar refractivity (Wildman–Crippen MR) is 79.3 cm³/mol. The lowest BCUT2D eigenvalue weighted by Gasteiger charge is -2.27. The van der Waals surface area contributed by atoms with Gasteiger partial charge in [0.15, 0.2) is 5.82 Å². The van der Waals surface area contributed by atoms with Crippen LogP contribution in [0.4, 0.5) is 0 Å². The fraction of sp³-hybridized carbons (Fsp3) is 0.706. The van der Waals surface area contributed by atoms with E-state index in [1.54, 1.807) is 12.4 Å². The molecule has 4 nitrogen and oxygen atoms in total. The number of carbonyl (C=O) groups excluding carboxylic acids is 1. The van der Waals surface area contributed by atoms with Gasteiger partial charge in [-0.15, -0.1) is 0 Å². The van der Waals surface area contributed by atoms with E-state index in [4.69, 9.17) is 0 Å². The molecule has 1 aliphatic heterocycles. The third-order valence-electron chi connectivity index (χ3n) is 5.78. The van der Waals surface area contributed by atoms with Crippen LogP contribution >= 0.6 is 0 Å². The Hall–Kier alpha value is -1.45. The van der Waals surface area contributed by atoms with E-state index in [1.165, 1.54) is 25.7 Å². The topological polar surface area (TPSA) is 46.1 Å². The van der Waals surface area contributed by atoms with Gasteiger partial charge in [-0.2, -0.15) is 0 Å². The molecule has 3 aliphatic rings. The number of amides is 1. The maximum atomic E-state index is 12.7. The Balaban J connectivity index is 1.44. The van der Waals surface area contributed by atoms with Crippen LogP contribution in [0.5, 0.6) is 0 Å². The Bertz CT molecular complexity index is 518. The van der Waals surface area contributed by atoms with Gasteiger partial charge < -0.3 is 4.90 Å². The zero-order chi connectivity index (χ0) is 14.2. The summed E-state index contributed by atoms with van der Waals surface area (Å²) in [5.41, 5.74) is 0. The van der Waals surface area contributed by atoms with Crippen molar-refractivity contribution < 1.29 is 4.79 Å². The van der Waals surface area contributed by atoms with Crippen molar-refractivity contribution in [2.45, 2.75) is 51.0 Å². The summed E-state index contributed by atoms with van der Waals surface area (Å²) in [5, 5.41) is 0. The molecule has 4 atom stereocenters. The predicted octanol–water partition coefficient (Wildman–Crippen LogP) is 2.97. The van der Waals surface area contributed by atoms with Crippen molar-refractivity contribution in [3.63, 3.8) is 0 Å². The standard InChI is InChI=1S/C17H23N3O/c21-16(11-14-10-12-4-5-13(14)9-12)20-8-1-3-15(20)17-18-6-2-7-19-17/h2,6-7,12-15H,1,3-5,8-11H2. The van der Waals surface area contributed by atoms with Crippen molar-refractivity contribution >= 4 is 5.91 Å². The van der Waals surface area contributed by atoms with Crippen molar-refractivity contribution in [1.82, 2.24) is 14.9 Å². The highest BCUT2D eigenvalue weighted by Crippen LogP contribution is 2.50. The van der Waals surface area contributed by atoms with Gasteiger partial charge in [0.05, 0.1) is 6.04 Å². The average molecular weight is 285 g/mol. The van der Waals surface area contributed by atoms with Crippen LogP contribution < -0.4 is 0 Å². The van der Waals surface area contributed by atoms with Crippen molar-refractivity contribution in [2.24, 2.45) is 17.8 Å². The molecule has 2 aliphatic carbocycles. The lowest BCUT2D eigenvalue weighted by molar-refractivity contribution is -0.133. The number of carbonyl (C=O) groups is 1. The molecule has 2 heterocycles. The second-order valence-corrected chi connectivity index (χ2v) is 6.99. The van der Waals surface area contributed by atoms with Gasteiger partial charge in [-0.1, -0.05) is 6.42 Å². The number of fused-ring (bicyclic) bond motifs is 2. The third-order valence-corrected chi connectivity index (χ3v) is 5.78. The fourth-order valence-corrected chi connectivity index (χ4v) is 4.78. The first-order valence-electron chi connectivity index (χ1n) is 8.37. The summed E-state index contributed by atoms with van der Waals surface area (Å²) < 4.78 is 0. The number of likely N-dealkylation sites (tertiary alicyclic amines) is 1. The number of aromatic nitrogens is 2. The molecule has 0 N–H and O–H groups in total. The zero-order valence-corrected chi connectivity index (χ0v) is 12.4. The summed E-state index contributed by atoms with van der Waals surface area (Å²) in [6.45, 7) is 0.878. The minimum absolute atomic E-state index is 0.109. The van der Waals surface area contributed by atoms with E-state index < -0.39 is 0 Å². The Morgan fingerprint density at radius 3 is 2.76 bits per heavy atom. The van der Waals surface area contributed by atoms with Gasteiger partial charge in [0.25, 0.3) is 0 Å². The molecular weight excluding hydrogens is 262 g/mol. The van der Waals surface area contributed by atoms with Crippen LogP contribution in [0.25, 0.3) is 0 Å². The van der Waals surface area contributed by atoms with Gasteiger partial charge in [0, 0.05) is 25.4 Å². The molecule has 4 rings (SSSR count). The fourth-order valence-electron chi connectivity index (χ4n) is 4.78. The summed E-state index contributed by atoms with van der Waals surface area (Å²) in [7, 11) is 0. The van der Waals surface area contributed by atoms with Gasteiger partial charge in [0.2, 0.25) is 5.91 Å². The van der Waals surface area contributed by atoms with E-state index in [2.05, 4.69) is 9.97 Å². The molecular formula is C17H23N3O. The highest BCUT2D eigenvalue weighted by molar-refractivity contribution is 5.77. The highest BCUT2D eigenvalue weighted by Gasteiger charge is 2.41. The second-order valence-electron chi connectivity index (χ2n) is 6.99. The first-order chi connectivity index (χ1) is 10.3. The molecule has 1 saturated heterocycles. The second kappa shape index (κ2) is 5.39. The quantitative estimate of drug-likeness (QED) is 0.857. The van der Waals surface area contributed by atoms with Crippen molar-refractivity contribution in [3.8, 4) is 0 Å². The summed E-state index contributed by atoms with van der Waals surface area (Å²) >= 11 is 0. The lowest BCUT2D eigenvalue weighted by atomic mass is 9.86. The van der Waals surface area contributed by atoms with Crippen molar-refractivity contribution in [2.75, 3.05) is 6.54 Å². The van der Waals surface area contributed by atoms with Crippen LogP contribution in [0.2, 0.25) is 0 Å². The maximum absolute atomic E-state index is 12.7. The molecule has 112 valence electrons. The molecule has 4 unspecified atom stereocenters. The molecule has 2 saturated carbocycles. The van der Waals surface area contributed by atoms with Crippen LogP contribution in [-0.4, -0.2) is 27.3 Å². The largest absolute Gasteiger partial charge is 0.332 e. The molecule has 1 aromatic rings. The Morgan fingerprint density at radius 2 is 2.05 bits per heavy atom. The van der Waals surface area contributed by atoms with Gasteiger partial charge in [-0.25, -0.2) is 9.97 Å². The van der Waals surface area contributed by atoms with E-state index in [0.717, 1.165) is 43.5 Å². The smallest absolute Gasteiger partial charge is 0.223 e. The van der Waals surface area contributed by atoms with E-state index in [9.17, 15) is 4.79 Å². The first kappa shape index (κ1) is 13.2. The minimum Gasteiger partial charge on any atom is -0.332 e. The monoisotopic (exact) mass is 285 g/mol. The van der Waals surface area contributed by atoms with Crippen LogP contribution in [0.1, 0.15) is 56.8 Å². The summed E-state index contributed by atoms with van der Waals surface area (Å²) in [4.78, 5) is 23.5. The molecule has 3 fully saturated rings. The van der Waals surface area contributed by atoms with Crippen molar-refractivity contribution in [1.29, 1.82) is 0 Å². The summed E-state index contributed by atoms with van der Waals surface area (Å²) in [5.74, 6) is 3.54. The van der Waals surface area contributed by atoms with E-state index in [-0.39, 0.29) is 6.04 Å². The Kier molecular flexibility index (Phi) is 3.40. The number of hydrogen-bond donors (Lipinski definition) is 0. The SMILES string of the molecule is O=C(CC1CC2CCC1C2)N1CCCC1c1ncccn1. The van der Waals surface area contributed by atoms with E-state index in [0.29, 0.717) is 11.8 Å². The van der Waals surface area contributed by atoms with Crippen LogP contribution in [0.3, 0.4) is 0 Å². The lowest BCUT2D eigenvalue weighted by Crippen LogP contribution is -2.33. The van der Waals surface area contributed by atoms with Crippen LogP contribution in [-0.2, 0) is 4.79 Å². The van der Waals surface area contributed by atoms with Gasteiger partial charge in [0.1, 0.15) is 0 Å².